The van der Waals surface area contributed by atoms with Crippen LogP contribution in [0.3, 0.4) is 0 Å². The molecular formula is C11H16N2O2S. The minimum Gasteiger partial charge on any atom is -0.298 e. The van der Waals surface area contributed by atoms with E-state index in [0.29, 0.717) is 13.0 Å². The highest BCUT2D eigenvalue weighted by Crippen LogP contribution is 2.17. The van der Waals surface area contributed by atoms with Crippen LogP contribution in [-0.4, -0.2) is 31.7 Å². The van der Waals surface area contributed by atoms with Crippen LogP contribution in [0.5, 0.6) is 0 Å². The molecule has 0 amide bonds. The van der Waals surface area contributed by atoms with E-state index >= 15 is 0 Å². The molecule has 2 N–H and O–H groups in total. The molecule has 1 atom stereocenters. The maximum absolute atomic E-state index is 11.2. The lowest BCUT2D eigenvalue weighted by Crippen LogP contribution is -2.31. The molecule has 0 radical (unpaired) electrons. The summed E-state index contributed by atoms with van der Waals surface area (Å²) in [6.45, 7) is 2.15. The monoisotopic (exact) mass is 240 g/mol. The lowest BCUT2D eigenvalue weighted by molar-refractivity contribution is 0.331. The molecule has 1 saturated heterocycles. The first kappa shape index (κ1) is 11.6. The molecule has 4 nitrogen and oxygen atoms in total. The summed E-state index contributed by atoms with van der Waals surface area (Å²) in [5.41, 5.74) is 1.21. The Labute approximate surface area is 96.1 Å². The standard InChI is InChI=1S/C11H16N2O2S/c12-16(14,15)11-6-7-13(9-11)8-10-4-2-1-3-5-10/h1-5,11H,6-9H2,(H2,12,14,15). The van der Waals surface area contributed by atoms with E-state index in [1.807, 2.05) is 30.3 Å². The highest BCUT2D eigenvalue weighted by atomic mass is 32.2. The maximum Gasteiger partial charge on any atom is 0.213 e. The molecule has 16 heavy (non-hydrogen) atoms. The summed E-state index contributed by atoms with van der Waals surface area (Å²) in [5, 5.41) is 4.75. The second-order valence-electron chi connectivity index (χ2n) is 4.22. The summed E-state index contributed by atoms with van der Waals surface area (Å²) in [5.74, 6) is 0. The number of nitrogens with two attached hydrogens (primary N) is 1. The average molecular weight is 240 g/mol. The van der Waals surface area contributed by atoms with Crippen LogP contribution in [0.15, 0.2) is 30.3 Å². The predicted molar refractivity (Wildman–Crippen MR) is 63.2 cm³/mol. The Balaban J connectivity index is 1.96. The van der Waals surface area contributed by atoms with E-state index in [9.17, 15) is 8.42 Å². The second-order valence-corrected chi connectivity index (χ2v) is 6.07. The van der Waals surface area contributed by atoms with Gasteiger partial charge in [-0.3, -0.25) is 4.90 Å². The Bertz CT molecular complexity index is 444. The van der Waals surface area contributed by atoms with Crippen LogP contribution in [0.4, 0.5) is 0 Å². The van der Waals surface area contributed by atoms with Crippen LogP contribution in [-0.2, 0) is 16.6 Å². The van der Waals surface area contributed by atoms with Gasteiger partial charge in [-0.2, -0.15) is 0 Å². The zero-order chi connectivity index (χ0) is 11.6. The molecule has 0 spiro atoms. The van der Waals surface area contributed by atoms with Crippen molar-refractivity contribution < 1.29 is 8.42 Å². The normalized spacial score (nSPS) is 22.4. The number of rotatable bonds is 3. The summed E-state index contributed by atoms with van der Waals surface area (Å²) in [6.07, 6.45) is 0.645. The molecule has 0 aliphatic carbocycles. The number of benzene rings is 1. The van der Waals surface area contributed by atoms with Gasteiger partial charge in [0.15, 0.2) is 0 Å². The molecule has 0 bridgehead atoms. The van der Waals surface area contributed by atoms with Crippen molar-refractivity contribution in [3.8, 4) is 0 Å². The molecular weight excluding hydrogens is 224 g/mol. The molecule has 0 saturated carbocycles. The van der Waals surface area contributed by atoms with Crippen molar-refractivity contribution in [1.29, 1.82) is 0 Å². The molecule has 1 unspecified atom stereocenters. The van der Waals surface area contributed by atoms with Gasteiger partial charge in [0.2, 0.25) is 10.0 Å². The zero-order valence-corrected chi connectivity index (χ0v) is 9.86. The Morgan fingerprint density at radius 1 is 1.31 bits per heavy atom. The van der Waals surface area contributed by atoms with E-state index in [0.717, 1.165) is 13.1 Å². The van der Waals surface area contributed by atoms with Gasteiger partial charge < -0.3 is 0 Å². The predicted octanol–water partition coefficient (Wildman–Crippen LogP) is 0.549. The van der Waals surface area contributed by atoms with Crippen molar-refractivity contribution >= 4 is 10.0 Å². The fraction of sp³-hybridized carbons (Fsp3) is 0.455. The van der Waals surface area contributed by atoms with E-state index < -0.39 is 15.3 Å². The fourth-order valence-electron chi connectivity index (χ4n) is 2.05. The van der Waals surface area contributed by atoms with Crippen LogP contribution in [0.1, 0.15) is 12.0 Å². The van der Waals surface area contributed by atoms with E-state index in [1.54, 1.807) is 0 Å². The van der Waals surface area contributed by atoms with Gasteiger partial charge in [-0.1, -0.05) is 30.3 Å². The van der Waals surface area contributed by atoms with E-state index in [1.165, 1.54) is 5.56 Å². The lowest BCUT2D eigenvalue weighted by Gasteiger charge is -2.15. The minimum atomic E-state index is -3.37. The summed E-state index contributed by atoms with van der Waals surface area (Å²) in [7, 11) is -3.37. The molecule has 1 fully saturated rings. The van der Waals surface area contributed by atoms with Crippen molar-refractivity contribution in [1.82, 2.24) is 4.90 Å². The average Bonchev–Trinajstić information content (AvgIpc) is 2.67. The van der Waals surface area contributed by atoms with Gasteiger partial charge in [0, 0.05) is 13.1 Å². The second kappa shape index (κ2) is 4.53. The Morgan fingerprint density at radius 3 is 2.56 bits per heavy atom. The van der Waals surface area contributed by atoms with Gasteiger partial charge in [-0.05, 0) is 18.5 Å². The van der Waals surface area contributed by atoms with Crippen molar-refractivity contribution in [2.24, 2.45) is 5.14 Å². The van der Waals surface area contributed by atoms with Gasteiger partial charge in [0.05, 0.1) is 5.25 Å². The molecule has 5 heteroatoms. The van der Waals surface area contributed by atoms with Gasteiger partial charge in [0.25, 0.3) is 0 Å². The molecule has 2 rings (SSSR count). The highest BCUT2D eigenvalue weighted by molar-refractivity contribution is 7.89. The van der Waals surface area contributed by atoms with E-state index in [2.05, 4.69) is 4.90 Å². The van der Waals surface area contributed by atoms with Crippen molar-refractivity contribution in [3.05, 3.63) is 35.9 Å². The molecule has 0 aromatic heterocycles. The Kier molecular flexibility index (Phi) is 3.28. The maximum atomic E-state index is 11.2. The third-order valence-corrected chi connectivity index (χ3v) is 4.26. The SMILES string of the molecule is NS(=O)(=O)C1CCN(Cc2ccccc2)C1. The smallest absolute Gasteiger partial charge is 0.213 e. The third kappa shape index (κ3) is 2.81. The molecule has 1 aliphatic heterocycles. The summed E-state index contributed by atoms with van der Waals surface area (Å²) in [4.78, 5) is 2.13. The van der Waals surface area contributed by atoms with Crippen LogP contribution in [0, 0.1) is 0 Å². The fourth-order valence-corrected chi connectivity index (χ4v) is 2.90. The van der Waals surface area contributed by atoms with Gasteiger partial charge in [-0.25, -0.2) is 13.6 Å². The number of sulfonamides is 1. The highest BCUT2D eigenvalue weighted by Gasteiger charge is 2.30. The van der Waals surface area contributed by atoms with Crippen molar-refractivity contribution in [3.63, 3.8) is 0 Å². The Morgan fingerprint density at radius 2 is 2.00 bits per heavy atom. The lowest BCUT2D eigenvalue weighted by atomic mass is 10.2. The van der Waals surface area contributed by atoms with Gasteiger partial charge >= 0.3 is 0 Å². The molecule has 1 heterocycles. The number of nitrogens with zero attached hydrogens (tertiary/aromatic N) is 1. The first-order valence-corrected chi connectivity index (χ1v) is 6.94. The largest absolute Gasteiger partial charge is 0.298 e. The van der Waals surface area contributed by atoms with Crippen LogP contribution < -0.4 is 5.14 Å². The van der Waals surface area contributed by atoms with E-state index in [-0.39, 0.29) is 0 Å². The molecule has 1 aromatic carbocycles. The third-order valence-electron chi connectivity index (χ3n) is 2.94. The van der Waals surface area contributed by atoms with Crippen LogP contribution >= 0.6 is 0 Å². The Hall–Kier alpha value is -0.910. The minimum absolute atomic E-state index is 0.392. The topological polar surface area (TPSA) is 63.4 Å². The summed E-state index contributed by atoms with van der Waals surface area (Å²) >= 11 is 0. The molecule has 1 aliphatic rings. The number of hydrogen-bond acceptors (Lipinski definition) is 3. The van der Waals surface area contributed by atoms with Crippen molar-refractivity contribution in [2.45, 2.75) is 18.2 Å². The van der Waals surface area contributed by atoms with Gasteiger partial charge in [0.1, 0.15) is 0 Å². The van der Waals surface area contributed by atoms with Crippen LogP contribution in [0.25, 0.3) is 0 Å². The summed E-state index contributed by atoms with van der Waals surface area (Å²) in [6, 6.07) is 10.0. The number of primary sulfonamides is 1. The summed E-state index contributed by atoms with van der Waals surface area (Å²) < 4.78 is 22.4. The molecule has 1 aromatic rings. The first-order chi connectivity index (χ1) is 7.55. The molecule has 88 valence electrons. The van der Waals surface area contributed by atoms with Crippen LogP contribution in [0.2, 0.25) is 0 Å². The zero-order valence-electron chi connectivity index (χ0n) is 9.04. The van der Waals surface area contributed by atoms with Gasteiger partial charge in [-0.15, -0.1) is 0 Å². The number of likely N-dealkylation sites (tertiary alicyclic amines) is 1. The van der Waals surface area contributed by atoms with Crippen molar-refractivity contribution in [2.75, 3.05) is 13.1 Å². The quantitative estimate of drug-likeness (QED) is 0.839. The number of hydrogen-bond donors (Lipinski definition) is 1. The first-order valence-electron chi connectivity index (χ1n) is 5.33. The van der Waals surface area contributed by atoms with E-state index in [4.69, 9.17) is 5.14 Å².